The van der Waals surface area contributed by atoms with Gasteiger partial charge in [-0.3, -0.25) is 24.5 Å². The molecule has 10 nitrogen and oxygen atoms in total. The highest BCUT2D eigenvalue weighted by Crippen LogP contribution is 2.28. The van der Waals surface area contributed by atoms with Crippen molar-refractivity contribution >= 4 is 45.8 Å². The fourth-order valence-corrected chi connectivity index (χ4v) is 4.64. The molecule has 38 heavy (non-hydrogen) atoms. The largest absolute Gasteiger partial charge is 0.497 e. The Bertz CT molecular complexity index is 1510. The van der Waals surface area contributed by atoms with E-state index in [0.717, 1.165) is 4.90 Å². The van der Waals surface area contributed by atoms with Crippen LogP contribution in [0.1, 0.15) is 46.4 Å². The molecule has 0 atom stereocenters. The maximum Gasteiger partial charge on any atom is 0.266 e. The van der Waals surface area contributed by atoms with E-state index in [1.54, 1.807) is 60.7 Å². The Morgan fingerprint density at radius 3 is 2.26 bits per heavy atom. The van der Waals surface area contributed by atoms with Crippen molar-refractivity contribution in [2.75, 3.05) is 23.9 Å². The summed E-state index contributed by atoms with van der Waals surface area (Å²) < 4.78 is 5.13. The summed E-state index contributed by atoms with van der Waals surface area (Å²) in [6.07, 6.45) is 0.443. The molecule has 1 aromatic heterocycles. The van der Waals surface area contributed by atoms with Gasteiger partial charge in [-0.1, -0.05) is 29.5 Å². The number of anilines is 2. The number of hydrogen-bond donors (Lipinski definition) is 2. The number of imide groups is 1. The van der Waals surface area contributed by atoms with Gasteiger partial charge in [-0.2, -0.15) is 0 Å². The van der Waals surface area contributed by atoms with Crippen LogP contribution in [0, 0.1) is 0 Å². The van der Waals surface area contributed by atoms with Gasteiger partial charge in [0.2, 0.25) is 5.13 Å². The number of methoxy groups -OCH3 is 1. The minimum atomic E-state index is -0.409. The molecule has 0 fully saturated rings. The van der Waals surface area contributed by atoms with Gasteiger partial charge in [0.25, 0.3) is 23.6 Å². The number of aromatic nitrogens is 2. The zero-order valence-electron chi connectivity index (χ0n) is 20.1. The second kappa shape index (κ2) is 10.6. The predicted molar refractivity (Wildman–Crippen MR) is 141 cm³/mol. The van der Waals surface area contributed by atoms with Gasteiger partial charge >= 0.3 is 0 Å². The molecule has 0 unspecified atom stereocenters. The normalized spacial score (nSPS) is 12.3. The Hall–Kier alpha value is -4.90. The monoisotopic (exact) mass is 527 g/mol. The highest BCUT2D eigenvalue weighted by molar-refractivity contribution is 7.15. The summed E-state index contributed by atoms with van der Waals surface area (Å²) in [6, 6.07) is 19.7. The molecule has 2 N–H and O–H groups in total. The van der Waals surface area contributed by atoms with E-state index in [-0.39, 0.29) is 5.91 Å². The highest BCUT2D eigenvalue weighted by atomic mass is 32.1. The minimum absolute atomic E-state index is 0.230. The second-order valence-corrected chi connectivity index (χ2v) is 9.29. The number of nitrogens with zero attached hydrogens (tertiary/aromatic N) is 3. The van der Waals surface area contributed by atoms with Crippen LogP contribution in [0.5, 0.6) is 5.75 Å². The smallest absolute Gasteiger partial charge is 0.266 e. The lowest BCUT2D eigenvalue weighted by Crippen LogP contribution is -2.29. The molecular weight excluding hydrogens is 506 g/mol. The zero-order chi connectivity index (χ0) is 26.6. The molecule has 1 aliphatic rings. The van der Waals surface area contributed by atoms with Gasteiger partial charge in [0.1, 0.15) is 10.8 Å². The van der Waals surface area contributed by atoms with Crippen LogP contribution in [0.4, 0.5) is 10.8 Å². The Morgan fingerprint density at radius 1 is 0.868 bits per heavy atom. The number of amides is 4. The van der Waals surface area contributed by atoms with Crippen molar-refractivity contribution in [2.24, 2.45) is 0 Å². The fourth-order valence-electron chi connectivity index (χ4n) is 3.91. The Balaban J connectivity index is 1.15. The molecule has 0 radical (unpaired) electrons. The molecule has 11 heteroatoms. The van der Waals surface area contributed by atoms with Crippen LogP contribution >= 0.6 is 11.3 Å². The summed E-state index contributed by atoms with van der Waals surface area (Å²) in [4.78, 5) is 51.4. The molecule has 0 spiro atoms. The predicted octanol–water partition coefficient (Wildman–Crippen LogP) is 3.57. The highest BCUT2D eigenvalue weighted by Gasteiger charge is 2.36. The number of fused-ring (bicyclic) bond motifs is 1. The lowest BCUT2D eigenvalue weighted by atomic mass is 10.1. The number of hydrogen-bond acceptors (Lipinski definition) is 8. The number of benzene rings is 3. The number of carbonyl (C=O) groups excluding carboxylic acids is 4. The van der Waals surface area contributed by atoms with Gasteiger partial charge in [-0.15, -0.1) is 10.2 Å². The SMILES string of the molecule is COc1cccc(C(=O)NCCc2nnc(NC(=O)c3ccc(N4C(=O)c5ccccc5C4=O)cc3)s2)c1. The van der Waals surface area contributed by atoms with Crippen molar-refractivity contribution in [1.82, 2.24) is 15.5 Å². The van der Waals surface area contributed by atoms with Crippen molar-refractivity contribution in [1.29, 1.82) is 0 Å². The lowest BCUT2D eigenvalue weighted by Gasteiger charge is -2.14. The minimum Gasteiger partial charge on any atom is -0.497 e. The first-order chi connectivity index (χ1) is 18.4. The molecule has 0 aliphatic carbocycles. The number of ether oxygens (including phenoxy) is 1. The molecule has 5 rings (SSSR count). The van der Waals surface area contributed by atoms with Gasteiger partial charge in [0, 0.05) is 24.1 Å². The topological polar surface area (TPSA) is 131 Å². The van der Waals surface area contributed by atoms with Crippen molar-refractivity contribution in [3.05, 3.63) is 100 Å². The average molecular weight is 528 g/mol. The summed E-state index contributed by atoms with van der Waals surface area (Å²) in [5.41, 5.74) is 1.90. The van der Waals surface area contributed by atoms with Gasteiger partial charge in [-0.25, -0.2) is 4.90 Å². The van der Waals surface area contributed by atoms with Crippen molar-refractivity contribution in [3.8, 4) is 5.75 Å². The first-order valence-electron chi connectivity index (χ1n) is 11.6. The summed E-state index contributed by atoms with van der Waals surface area (Å²) in [7, 11) is 1.54. The van der Waals surface area contributed by atoms with Crippen LogP contribution in [0.3, 0.4) is 0 Å². The van der Waals surface area contributed by atoms with Crippen LogP contribution in [0.25, 0.3) is 0 Å². The van der Waals surface area contributed by atoms with E-state index in [4.69, 9.17) is 4.74 Å². The average Bonchev–Trinajstić information content (AvgIpc) is 3.50. The molecule has 4 aromatic rings. The Morgan fingerprint density at radius 2 is 1.58 bits per heavy atom. The van der Waals surface area contributed by atoms with Crippen LogP contribution in [-0.2, 0) is 6.42 Å². The van der Waals surface area contributed by atoms with E-state index in [2.05, 4.69) is 20.8 Å². The maximum absolute atomic E-state index is 12.7. The third kappa shape index (κ3) is 5.00. The molecule has 1 aliphatic heterocycles. The number of rotatable bonds is 8. The number of carbonyl (C=O) groups is 4. The standard InChI is InChI=1S/C27H21N5O5S/c1-37-19-6-4-5-17(15-19)23(33)28-14-13-22-30-31-27(38-22)29-24(34)16-9-11-18(12-10-16)32-25(35)20-7-2-3-8-21(20)26(32)36/h2-12,15H,13-14H2,1H3,(H,28,33)(H,29,31,34). The van der Waals surface area contributed by atoms with Gasteiger partial charge < -0.3 is 10.1 Å². The van der Waals surface area contributed by atoms with Crippen LogP contribution in [0.15, 0.2) is 72.8 Å². The van der Waals surface area contributed by atoms with Crippen LogP contribution in [-0.4, -0.2) is 47.5 Å². The molecule has 3 aromatic carbocycles. The van der Waals surface area contributed by atoms with Crippen LogP contribution in [0.2, 0.25) is 0 Å². The van der Waals surface area contributed by atoms with Crippen molar-refractivity contribution < 1.29 is 23.9 Å². The zero-order valence-corrected chi connectivity index (χ0v) is 21.0. The maximum atomic E-state index is 12.7. The van der Waals surface area contributed by atoms with E-state index in [0.29, 0.717) is 56.8 Å². The fraction of sp³-hybridized carbons (Fsp3) is 0.111. The molecule has 2 heterocycles. The van der Waals surface area contributed by atoms with E-state index >= 15 is 0 Å². The molecule has 190 valence electrons. The molecular formula is C27H21N5O5S. The van der Waals surface area contributed by atoms with E-state index < -0.39 is 17.7 Å². The van der Waals surface area contributed by atoms with E-state index in [9.17, 15) is 19.2 Å². The van der Waals surface area contributed by atoms with E-state index in [1.807, 2.05) is 0 Å². The lowest BCUT2D eigenvalue weighted by molar-refractivity contribution is 0.0921. The summed E-state index contributed by atoms with van der Waals surface area (Å²) in [6.45, 7) is 0.345. The Labute approximate surface area is 221 Å². The first kappa shape index (κ1) is 24.8. The third-order valence-electron chi connectivity index (χ3n) is 5.83. The summed E-state index contributed by atoms with van der Waals surface area (Å²) in [5.74, 6) is -0.840. The summed E-state index contributed by atoms with van der Waals surface area (Å²) >= 11 is 1.20. The van der Waals surface area contributed by atoms with Crippen molar-refractivity contribution in [3.63, 3.8) is 0 Å². The molecule has 0 bridgehead atoms. The van der Waals surface area contributed by atoms with Gasteiger partial charge in [-0.05, 0) is 54.6 Å². The van der Waals surface area contributed by atoms with Crippen molar-refractivity contribution in [2.45, 2.75) is 6.42 Å². The third-order valence-corrected chi connectivity index (χ3v) is 6.72. The molecule has 0 saturated carbocycles. The number of nitrogens with one attached hydrogen (secondary N) is 2. The second-order valence-electron chi connectivity index (χ2n) is 8.23. The van der Waals surface area contributed by atoms with E-state index in [1.165, 1.54) is 30.6 Å². The molecule has 0 saturated heterocycles. The summed E-state index contributed by atoms with van der Waals surface area (Å²) in [5, 5.41) is 14.5. The van der Waals surface area contributed by atoms with Crippen LogP contribution < -0.4 is 20.3 Å². The van der Waals surface area contributed by atoms with Gasteiger partial charge in [0.15, 0.2) is 0 Å². The Kier molecular flexibility index (Phi) is 6.92. The van der Waals surface area contributed by atoms with Gasteiger partial charge in [0.05, 0.1) is 23.9 Å². The first-order valence-corrected chi connectivity index (χ1v) is 12.4. The molecule has 4 amide bonds. The quantitative estimate of drug-likeness (QED) is 0.335.